The van der Waals surface area contributed by atoms with Crippen molar-refractivity contribution in [3.05, 3.63) is 60.2 Å². The number of rotatable bonds is 9. The Labute approximate surface area is 171 Å². The normalized spacial score (nSPS) is 12.8. The Morgan fingerprint density at radius 2 is 1.45 bits per heavy atom. The maximum Gasteiger partial charge on any atom is 0.326 e. The zero-order valence-electron chi connectivity index (χ0n) is 17.0. The largest absolute Gasteiger partial charge is 0.480 e. The maximum atomic E-state index is 12.6. The number of amides is 2. The minimum absolute atomic E-state index is 0.157. The van der Waals surface area contributed by atoms with Gasteiger partial charge in [0.05, 0.1) is 0 Å². The summed E-state index contributed by atoms with van der Waals surface area (Å²) >= 11 is 0. The lowest BCUT2D eigenvalue weighted by molar-refractivity contribution is -0.142. The SMILES string of the molecule is CC(=O)N[C@@H](CC(C)C)C(=O)N[C@H](Cc1ccc(-c2ccccc2)cc1)C(=O)O. The summed E-state index contributed by atoms with van der Waals surface area (Å²) in [7, 11) is 0. The van der Waals surface area contributed by atoms with Crippen molar-refractivity contribution in [1.29, 1.82) is 0 Å². The first-order chi connectivity index (χ1) is 13.8. The summed E-state index contributed by atoms with van der Waals surface area (Å²) in [6, 6.07) is 15.7. The predicted octanol–water partition coefficient (Wildman–Crippen LogP) is 3.02. The van der Waals surface area contributed by atoms with Gasteiger partial charge in [0.1, 0.15) is 12.1 Å². The van der Waals surface area contributed by atoms with Gasteiger partial charge in [0, 0.05) is 13.3 Å². The summed E-state index contributed by atoms with van der Waals surface area (Å²) in [6.07, 6.45) is 0.591. The third-order valence-electron chi connectivity index (χ3n) is 4.52. The van der Waals surface area contributed by atoms with Crippen molar-refractivity contribution >= 4 is 17.8 Å². The number of hydrogen-bond acceptors (Lipinski definition) is 3. The molecule has 0 saturated carbocycles. The molecule has 6 nitrogen and oxygen atoms in total. The van der Waals surface area contributed by atoms with E-state index in [0.29, 0.717) is 6.42 Å². The van der Waals surface area contributed by atoms with Gasteiger partial charge in [-0.05, 0) is 29.0 Å². The first-order valence-corrected chi connectivity index (χ1v) is 9.71. The Kier molecular flexibility index (Phi) is 7.95. The molecule has 0 bridgehead atoms. The molecule has 2 aromatic carbocycles. The van der Waals surface area contributed by atoms with Crippen LogP contribution >= 0.6 is 0 Å². The van der Waals surface area contributed by atoms with E-state index in [9.17, 15) is 19.5 Å². The van der Waals surface area contributed by atoms with Gasteiger partial charge in [-0.15, -0.1) is 0 Å². The summed E-state index contributed by atoms with van der Waals surface area (Å²) in [4.78, 5) is 35.7. The van der Waals surface area contributed by atoms with Gasteiger partial charge >= 0.3 is 5.97 Å². The molecule has 0 heterocycles. The van der Waals surface area contributed by atoms with E-state index in [1.54, 1.807) is 0 Å². The van der Waals surface area contributed by atoms with Gasteiger partial charge in [0.2, 0.25) is 11.8 Å². The molecule has 2 aromatic rings. The zero-order chi connectivity index (χ0) is 21.4. The molecular weight excluding hydrogens is 368 g/mol. The minimum Gasteiger partial charge on any atom is -0.480 e. The van der Waals surface area contributed by atoms with Crippen molar-refractivity contribution in [2.75, 3.05) is 0 Å². The lowest BCUT2D eigenvalue weighted by Gasteiger charge is -2.22. The molecule has 0 spiro atoms. The minimum atomic E-state index is -1.11. The molecule has 0 aromatic heterocycles. The van der Waals surface area contributed by atoms with E-state index in [4.69, 9.17) is 0 Å². The highest BCUT2D eigenvalue weighted by atomic mass is 16.4. The number of aliphatic carboxylic acids is 1. The summed E-state index contributed by atoms with van der Waals surface area (Å²) in [6.45, 7) is 5.21. The first kappa shape index (κ1) is 22.1. The third-order valence-corrected chi connectivity index (χ3v) is 4.52. The standard InChI is InChI=1S/C23H28N2O4/c1-15(2)13-20(24-16(3)26)22(27)25-21(23(28)29)14-17-9-11-19(12-10-17)18-7-5-4-6-8-18/h4-12,15,20-21H,13-14H2,1-3H3,(H,24,26)(H,25,27)(H,28,29)/t20-,21+/m0/s1. The Balaban J connectivity index is 2.08. The number of hydrogen-bond donors (Lipinski definition) is 3. The van der Waals surface area contributed by atoms with E-state index in [-0.39, 0.29) is 18.2 Å². The highest BCUT2D eigenvalue weighted by Gasteiger charge is 2.26. The predicted molar refractivity (Wildman–Crippen MR) is 112 cm³/mol. The van der Waals surface area contributed by atoms with Crippen LogP contribution in [-0.4, -0.2) is 35.0 Å². The Hall–Kier alpha value is -3.15. The molecule has 6 heteroatoms. The fraction of sp³-hybridized carbons (Fsp3) is 0.348. The molecule has 2 amide bonds. The molecule has 0 radical (unpaired) electrons. The molecule has 0 fully saturated rings. The van der Waals surface area contributed by atoms with Gasteiger partial charge in [-0.25, -0.2) is 4.79 Å². The van der Waals surface area contributed by atoms with E-state index in [1.165, 1.54) is 6.92 Å². The van der Waals surface area contributed by atoms with Gasteiger partial charge in [0.25, 0.3) is 0 Å². The van der Waals surface area contributed by atoms with Crippen molar-refractivity contribution in [1.82, 2.24) is 10.6 Å². The van der Waals surface area contributed by atoms with Gasteiger partial charge in [0.15, 0.2) is 0 Å². The Morgan fingerprint density at radius 3 is 1.97 bits per heavy atom. The molecule has 0 aliphatic rings. The van der Waals surface area contributed by atoms with Crippen molar-refractivity contribution in [3.63, 3.8) is 0 Å². The Morgan fingerprint density at radius 1 is 0.862 bits per heavy atom. The molecule has 2 atom stereocenters. The van der Waals surface area contributed by atoms with E-state index in [2.05, 4.69) is 10.6 Å². The molecule has 0 saturated heterocycles. The van der Waals surface area contributed by atoms with Crippen LogP contribution in [0, 0.1) is 5.92 Å². The second-order valence-corrected chi connectivity index (χ2v) is 7.55. The number of nitrogens with one attached hydrogen (secondary N) is 2. The van der Waals surface area contributed by atoms with E-state index >= 15 is 0 Å². The second-order valence-electron chi connectivity index (χ2n) is 7.55. The van der Waals surface area contributed by atoms with Crippen molar-refractivity contribution < 1.29 is 19.5 Å². The van der Waals surface area contributed by atoms with Crippen LogP contribution in [0.1, 0.15) is 32.8 Å². The second kappa shape index (κ2) is 10.4. The van der Waals surface area contributed by atoms with Crippen LogP contribution in [0.3, 0.4) is 0 Å². The molecule has 0 unspecified atom stereocenters. The van der Waals surface area contributed by atoms with Crippen LogP contribution < -0.4 is 10.6 Å². The summed E-state index contributed by atoms with van der Waals surface area (Å²) in [5.41, 5.74) is 2.92. The molecule has 29 heavy (non-hydrogen) atoms. The van der Waals surface area contributed by atoms with E-state index in [1.807, 2.05) is 68.4 Å². The molecule has 2 rings (SSSR count). The molecule has 0 aliphatic heterocycles. The highest BCUT2D eigenvalue weighted by Crippen LogP contribution is 2.19. The van der Waals surface area contributed by atoms with Crippen LogP contribution in [0.5, 0.6) is 0 Å². The number of carboxylic acids is 1. The maximum absolute atomic E-state index is 12.6. The number of benzene rings is 2. The zero-order valence-corrected chi connectivity index (χ0v) is 17.0. The number of carbonyl (C=O) groups excluding carboxylic acids is 2. The first-order valence-electron chi connectivity index (χ1n) is 9.71. The Bertz CT molecular complexity index is 832. The lowest BCUT2D eigenvalue weighted by atomic mass is 9.99. The van der Waals surface area contributed by atoms with Crippen molar-refractivity contribution in [2.45, 2.75) is 45.7 Å². The summed E-state index contributed by atoms with van der Waals surface area (Å²) in [5.74, 6) is -1.75. The van der Waals surface area contributed by atoms with E-state index in [0.717, 1.165) is 16.7 Å². The molecule has 0 aliphatic carbocycles. The smallest absolute Gasteiger partial charge is 0.326 e. The fourth-order valence-electron chi connectivity index (χ4n) is 3.12. The van der Waals surface area contributed by atoms with Crippen LogP contribution in [0.4, 0.5) is 0 Å². The molecule has 154 valence electrons. The van der Waals surface area contributed by atoms with Gasteiger partial charge in [-0.2, -0.15) is 0 Å². The molecule has 3 N–H and O–H groups in total. The van der Waals surface area contributed by atoms with Gasteiger partial charge in [-0.3, -0.25) is 9.59 Å². The monoisotopic (exact) mass is 396 g/mol. The van der Waals surface area contributed by atoms with Gasteiger partial charge in [-0.1, -0.05) is 68.4 Å². The number of carbonyl (C=O) groups is 3. The number of carboxylic acid groups (broad SMARTS) is 1. The fourth-order valence-corrected chi connectivity index (χ4v) is 3.12. The van der Waals surface area contributed by atoms with Crippen LogP contribution in [0.2, 0.25) is 0 Å². The van der Waals surface area contributed by atoms with E-state index < -0.39 is 24.0 Å². The topological polar surface area (TPSA) is 95.5 Å². The van der Waals surface area contributed by atoms with Crippen LogP contribution in [0.15, 0.2) is 54.6 Å². The third kappa shape index (κ3) is 7.07. The van der Waals surface area contributed by atoms with Crippen molar-refractivity contribution in [2.24, 2.45) is 5.92 Å². The van der Waals surface area contributed by atoms with Gasteiger partial charge < -0.3 is 15.7 Å². The lowest BCUT2D eigenvalue weighted by Crippen LogP contribution is -2.52. The quantitative estimate of drug-likeness (QED) is 0.607. The molecular formula is C23H28N2O4. The van der Waals surface area contributed by atoms with Crippen LogP contribution in [0.25, 0.3) is 11.1 Å². The van der Waals surface area contributed by atoms with Crippen molar-refractivity contribution in [3.8, 4) is 11.1 Å². The average Bonchev–Trinajstić information content (AvgIpc) is 2.67. The highest BCUT2D eigenvalue weighted by molar-refractivity contribution is 5.90. The average molecular weight is 396 g/mol. The summed E-state index contributed by atoms with van der Waals surface area (Å²) < 4.78 is 0. The summed E-state index contributed by atoms with van der Waals surface area (Å²) in [5, 5.41) is 14.7. The van der Waals surface area contributed by atoms with Crippen LogP contribution in [-0.2, 0) is 20.8 Å².